The number of carbonyl (C=O) groups excluding carboxylic acids is 1. The highest BCUT2D eigenvalue weighted by molar-refractivity contribution is 5.94. The van der Waals surface area contributed by atoms with Gasteiger partial charge in [0.1, 0.15) is 11.9 Å². The van der Waals surface area contributed by atoms with E-state index in [4.69, 9.17) is 9.47 Å². The molecule has 2 aliphatic heterocycles. The lowest BCUT2D eigenvalue weighted by Crippen LogP contribution is -2.36. The maximum Gasteiger partial charge on any atom is 0.255 e. The second-order valence-corrected chi connectivity index (χ2v) is 6.23. The molecule has 2 fully saturated rings. The van der Waals surface area contributed by atoms with E-state index in [2.05, 4.69) is 15.2 Å². The highest BCUT2D eigenvalue weighted by Crippen LogP contribution is 2.37. The van der Waals surface area contributed by atoms with Gasteiger partial charge in [0.25, 0.3) is 5.91 Å². The number of hydrogen-bond acceptors (Lipinski definition) is 6. The molecule has 2 aromatic heterocycles. The molecule has 0 saturated carbocycles. The van der Waals surface area contributed by atoms with Gasteiger partial charge in [0.2, 0.25) is 0 Å². The van der Waals surface area contributed by atoms with Crippen molar-refractivity contribution in [3.63, 3.8) is 0 Å². The van der Waals surface area contributed by atoms with Crippen LogP contribution in [0.3, 0.4) is 0 Å². The third-order valence-corrected chi connectivity index (χ3v) is 4.55. The van der Waals surface area contributed by atoms with E-state index < -0.39 is 0 Å². The summed E-state index contributed by atoms with van der Waals surface area (Å²) in [5.41, 5.74) is 0.256. The smallest absolute Gasteiger partial charge is 0.255 e. The topological polar surface area (TPSA) is 77.4 Å². The van der Waals surface area contributed by atoms with E-state index in [-0.39, 0.29) is 17.6 Å². The highest BCUT2D eigenvalue weighted by Gasteiger charge is 2.47. The van der Waals surface area contributed by atoms with Crippen LogP contribution < -0.4 is 4.74 Å². The lowest BCUT2D eigenvalue weighted by Gasteiger charge is -2.23. The summed E-state index contributed by atoms with van der Waals surface area (Å²) in [6, 6.07) is 5.42. The van der Waals surface area contributed by atoms with Gasteiger partial charge < -0.3 is 14.4 Å². The van der Waals surface area contributed by atoms with Gasteiger partial charge in [0.05, 0.1) is 42.9 Å². The van der Waals surface area contributed by atoms with Crippen molar-refractivity contribution in [2.75, 3.05) is 19.7 Å². The lowest BCUT2D eigenvalue weighted by molar-refractivity contribution is 0.00994. The van der Waals surface area contributed by atoms with Crippen molar-refractivity contribution < 1.29 is 14.3 Å². The minimum atomic E-state index is -0.303. The molecular weight excluding hydrogens is 308 g/mol. The molecule has 7 heteroatoms. The summed E-state index contributed by atoms with van der Waals surface area (Å²) in [4.78, 5) is 18.4. The molecule has 1 amide bonds. The summed E-state index contributed by atoms with van der Waals surface area (Å²) in [6.07, 6.45) is 8.04. The summed E-state index contributed by atoms with van der Waals surface area (Å²) < 4.78 is 12.0. The van der Waals surface area contributed by atoms with E-state index in [1.807, 2.05) is 17.0 Å². The van der Waals surface area contributed by atoms with Crippen molar-refractivity contribution in [1.29, 1.82) is 0 Å². The van der Waals surface area contributed by atoms with Gasteiger partial charge >= 0.3 is 0 Å². The normalized spacial score (nSPS) is 26.0. The fourth-order valence-corrected chi connectivity index (χ4v) is 3.39. The number of likely N-dealkylation sites (tertiary alicyclic amines) is 1. The Labute approximate surface area is 139 Å². The molecule has 0 bridgehead atoms. The van der Waals surface area contributed by atoms with E-state index in [0.29, 0.717) is 25.3 Å². The average molecular weight is 326 g/mol. The van der Waals surface area contributed by atoms with Crippen molar-refractivity contribution in [2.24, 2.45) is 0 Å². The third kappa shape index (κ3) is 2.94. The van der Waals surface area contributed by atoms with Crippen LogP contribution in [-0.4, -0.2) is 57.4 Å². The zero-order valence-electron chi connectivity index (χ0n) is 13.2. The summed E-state index contributed by atoms with van der Waals surface area (Å²) >= 11 is 0. The molecule has 4 rings (SSSR count). The van der Waals surface area contributed by atoms with Gasteiger partial charge in [-0.25, -0.2) is 0 Å². The molecule has 2 aromatic rings. The molecule has 0 aliphatic carbocycles. The maximum absolute atomic E-state index is 12.5. The van der Waals surface area contributed by atoms with Gasteiger partial charge in [0, 0.05) is 19.2 Å². The number of hydrogen-bond donors (Lipinski definition) is 0. The number of amides is 1. The van der Waals surface area contributed by atoms with Crippen LogP contribution in [0.4, 0.5) is 0 Å². The van der Waals surface area contributed by atoms with Crippen LogP contribution in [-0.2, 0) is 4.74 Å². The van der Waals surface area contributed by atoms with Gasteiger partial charge in [-0.1, -0.05) is 0 Å². The Balaban J connectivity index is 1.39. The molecule has 124 valence electrons. The molecule has 2 atom stereocenters. The van der Waals surface area contributed by atoms with E-state index in [0.717, 1.165) is 18.6 Å². The fourth-order valence-electron chi connectivity index (χ4n) is 3.39. The van der Waals surface area contributed by atoms with Crippen LogP contribution in [0.2, 0.25) is 0 Å². The van der Waals surface area contributed by atoms with E-state index in [9.17, 15) is 4.79 Å². The minimum absolute atomic E-state index is 0.00755. The van der Waals surface area contributed by atoms with Crippen LogP contribution in [0, 0.1) is 0 Å². The van der Waals surface area contributed by atoms with Crippen molar-refractivity contribution in [3.05, 3.63) is 48.5 Å². The number of nitrogens with zero attached hydrogens (tertiary/aromatic N) is 4. The quantitative estimate of drug-likeness (QED) is 0.847. The number of carbonyl (C=O) groups is 1. The number of ether oxygens (including phenoxy) is 2. The molecule has 2 saturated heterocycles. The summed E-state index contributed by atoms with van der Waals surface area (Å²) in [7, 11) is 0. The van der Waals surface area contributed by atoms with Crippen LogP contribution in [0.1, 0.15) is 23.2 Å². The van der Waals surface area contributed by atoms with Crippen molar-refractivity contribution in [2.45, 2.75) is 24.5 Å². The van der Waals surface area contributed by atoms with Gasteiger partial charge in [-0.2, -0.15) is 10.2 Å². The van der Waals surface area contributed by atoms with E-state index in [1.54, 1.807) is 18.5 Å². The monoisotopic (exact) mass is 326 g/mol. The largest absolute Gasteiger partial charge is 0.486 e. The lowest BCUT2D eigenvalue weighted by atomic mass is 9.98. The van der Waals surface area contributed by atoms with Crippen LogP contribution in [0.15, 0.2) is 43.0 Å². The van der Waals surface area contributed by atoms with E-state index in [1.165, 1.54) is 12.4 Å². The van der Waals surface area contributed by atoms with E-state index >= 15 is 0 Å². The predicted molar refractivity (Wildman–Crippen MR) is 84.5 cm³/mol. The Bertz CT molecular complexity index is 712. The number of aromatic nitrogens is 3. The first-order valence-corrected chi connectivity index (χ1v) is 8.01. The summed E-state index contributed by atoms with van der Waals surface area (Å²) in [5.74, 6) is 0.721. The molecule has 1 spiro atoms. The first kappa shape index (κ1) is 15.0. The first-order valence-electron chi connectivity index (χ1n) is 8.01. The Hall–Kier alpha value is -2.54. The van der Waals surface area contributed by atoms with Crippen molar-refractivity contribution in [3.8, 4) is 5.75 Å². The van der Waals surface area contributed by atoms with Gasteiger partial charge in [0.15, 0.2) is 0 Å². The standard InChI is InChI=1S/C17H18N4O3/c22-16(13-3-6-19-20-9-13)21-7-4-17(12-21)8-15(11-23-17)24-14-2-1-5-18-10-14/h1-3,5-6,9-10,15H,4,7-8,11-12H2/t15-,17+/m1/s1. The van der Waals surface area contributed by atoms with Gasteiger partial charge in [-0.15, -0.1) is 0 Å². The number of rotatable bonds is 3. The molecule has 0 radical (unpaired) electrons. The zero-order chi connectivity index (χ0) is 16.4. The first-order chi connectivity index (χ1) is 11.7. The SMILES string of the molecule is O=C(c1ccnnc1)N1CC[C@]2(C[C@@H](Oc3cccnc3)CO2)C1. The summed E-state index contributed by atoms with van der Waals surface area (Å²) in [6.45, 7) is 1.80. The fraction of sp³-hybridized carbons (Fsp3) is 0.412. The number of pyridine rings is 1. The second-order valence-electron chi connectivity index (χ2n) is 6.23. The van der Waals surface area contributed by atoms with Crippen molar-refractivity contribution >= 4 is 5.91 Å². The van der Waals surface area contributed by atoms with Gasteiger partial charge in [-0.05, 0) is 24.6 Å². The van der Waals surface area contributed by atoms with Crippen LogP contribution in [0.5, 0.6) is 5.75 Å². The van der Waals surface area contributed by atoms with Crippen molar-refractivity contribution in [1.82, 2.24) is 20.1 Å². The molecule has 7 nitrogen and oxygen atoms in total. The maximum atomic E-state index is 12.5. The van der Waals surface area contributed by atoms with Gasteiger partial charge in [-0.3, -0.25) is 9.78 Å². The molecule has 2 aliphatic rings. The Morgan fingerprint density at radius 1 is 1.29 bits per heavy atom. The van der Waals surface area contributed by atoms with Crippen LogP contribution in [0.25, 0.3) is 0 Å². The van der Waals surface area contributed by atoms with Crippen LogP contribution >= 0.6 is 0 Å². The minimum Gasteiger partial charge on any atom is -0.486 e. The Kier molecular flexibility index (Phi) is 3.86. The second kappa shape index (κ2) is 6.16. The molecular formula is C17H18N4O3. The Morgan fingerprint density at radius 2 is 2.25 bits per heavy atom. The Morgan fingerprint density at radius 3 is 3.04 bits per heavy atom. The third-order valence-electron chi connectivity index (χ3n) is 4.55. The molecule has 4 heterocycles. The molecule has 24 heavy (non-hydrogen) atoms. The average Bonchev–Trinajstić information content (AvgIpc) is 3.23. The highest BCUT2D eigenvalue weighted by atomic mass is 16.6. The molecule has 0 aromatic carbocycles. The summed E-state index contributed by atoms with van der Waals surface area (Å²) in [5, 5.41) is 7.48. The zero-order valence-corrected chi connectivity index (χ0v) is 13.2. The molecule has 0 N–H and O–H groups in total. The molecule has 0 unspecified atom stereocenters. The predicted octanol–water partition coefficient (Wildman–Crippen LogP) is 1.32.